The van der Waals surface area contributed by atoms with Crippen LogP contribution in [-0.4, -0.2) is 16.5 Å². The Hall–Kier alpha value is -2.81. The normalized spacial score (nSPS) is 11.2. The van der Waals surface area contributed by atoms with Gasteiger partial charge in [-0.3, -0.25) is 14.9 Å². The summed E-state index contributed by atoms with van der Waals surface area (Å²) in [6.07, 6.45) is -4.27. The van der Waals surface area contributed by atoms with Crippen molar-refractivity contribution in [2.75, 3.05) is 5.32 Å². The van der Waals surface area contributed by atoms with Crippen LogP contribution in [0.15, 0.2) is 35.3 Å². The SMILES string of the molecule is Cc1ccc(NC(=O)NC(=O)Cn2cc(C(F)(F)F)cc(Cl)c2=O)c(C)c1. The van der Waals surface area contributed by atoms with Crippen molar-refractivity contribution in [3.05, 3.63) is 62.5 Å². The van der Waals surface area contributed by atoms with E-state index in [1.807, 2.05) is 18.3 Å². The Morgan fingerprint density at radius 3 is 2.44 bits per heavy atom. The number of alkyl halides is 3. The fourth-order valence-corrected chi connectivity index (χ4v) is 2.53. The molecule has 0 aliphatic heterocycles. The number of hydrogen-bond donors (Lipinski definition) is 2. The maximum Gasteiger partial charge on any atom is 0.417 e. The molecule has 0 aliphatic carbocycles. The molecule has 0 bridgehead atoms. The van der Waals surface area contributed by atoms with Crippen molar-refractivity contribution in [1.29, 1.82) is 0 Å². The number of aryl methyl sites for hydroxylation is 2. The van der Waals surface area contributed by atoms with Crippen molar-refractivity contribution in [3.63, 3.8) is 0 Å². The van der Waals surface area contributed by atoms with E-state index >= 15 is 0 Å². The lowest BCUT2D eigenvalue weighted by Crippen LogP contribution is -2.38. The number of aromatic nitrogens is 1. The van der Waals surface area contributed by atoms with Gasteiger partial charge in [-0.2, -0.15) is 13.2 Å². The number of imide groups is 1. The second-order valence-electron chi connectivity index (χ2n) is 5.83. The minimum Gasteiger partial charge on any atom is -0.307 e. The molecule has 144 valence electrons. The summed E-state index contributed by atoms with van der Waals surface area (Å²) >= 11 is 5.51. The van der Waals surface area contributed by atoms with Gasteiger partial charge in [0.25, 0.3) is 5.56 Å². The van der Waals surface area contributed by atoms with E-state index in [1.165, 1.54) is 0 Å². The van der Waals surface area contributed by atoms with E-state index in [4.69, 9.17) is 11.6 Å². The standard InChI is InChI=1S/C17H15ClF3N3O3/c1-9-3-4-13(10(2)5-9)22-16(27)23-14(25)8-24-7-11(17(19,20)21)6-12(18)15(24)26/h3-7H,8H2,1-2H3,(H2,22,23,25,27). The van der Waals surface area contributed by atoms with Crippen LogP contribution < -0.4 is 16.2 Å². The smallest absolute Gasteiger partial charge is 0.307 e. The summed E-state index contributed by atoms with van der Waals surface area (Å²) < 4.78 is 38.9. The summed E-state index contributed by atoms with van der Waals surface area (Å²) in [5.74, 6) is -0.977. The Morgan fingerprint density at radius 2 is 1.85 bits per heavy atom. The number of amides is 3. The number of carbonyl (C=O) groups is 2. The van der Waals surface area contributed by atoms with Crippen LogP contribution in [0.5, 0.6) is 0 Å². The minimum atomic E-state index is -4.74. The number of benzene rings is 1. The predicted octanol–water partition coefficient (Wildman–Crippen LogP) is 3.49. The van der Waals surface area contributed by atoms with Crippen LogP contribution in [0.1, 0.15) is 16.7 Å². The number of nitrogens with zero attached hydrogens (tertiary/aromatic N) is 1. The van der Waals surface area contributed by atoms with Crippen LogP contribution in [0.4, 0.5) is 23.7 Å². The van der Waals surface area contributed by atoms with Crippen LogP contribution in [0, 0.1) is 13.8 Å². The van der Waals surface area contributed by atoms with Crippen molar-refractivity contribution in [2.45, 2.75) is 26.6 Å². The van der Waals surface area contributed by atoms with E-state index < -0.39 is 40.8 Å². The van der Waals surface area contributed by atoms with Crippen molar-refractivity contribution in [3.8, 4) is 0 Å². The third-order valence-electron chi connectivity index (χ3n) is 3.57. The second kappa shape index (κ2) is 7.83. The molecular formula is C17H15ClF3N3O3. The lowest BCUT2D eigenvalue weighted by Gasteiger charge is -2.12. The number of urea groups is 1. The predicted molar refractivity (Wildman–Crippen MR) is 93.8 cm³/mol. The monoisotopic (exact) mass is 401 g/mol. The molecule has 6 nitrogen and oxygen atoms in total. The first-order valence-electron chi connectivity index (χ1n) is 7.62. The summed E-state index contributed by atoms with van der Waals surface area (Å²) in [4.78, 5) is 35.6. The zero-order chi connectivity index (χ0) is 20.4. The molecule has 10 heteroatoms. The molecule has 2 N–H and O–H groups in total. The number of hydrogen-bond acceptors (Lipinski definition) is 3. The molecule has 0 spiro atoms. The van der Waals surface area contributed by atoms with Gasteiger partial charge in [0.2, 0.25) is 5.91 Å². The Bertz CT molecular complexity index is 955. The average Bonchev–Trinajstić information content (AvgIpc) is 2.53. The van der Waals surface area contributed by atoms with Crippen LogP contribution in [0.2, 0.25) is 5.02 Å². The number of nitrogens with one attached hydrogen (secondary N) is 2. The second-order valence-corrected chi connectivity index (χ2v) is 6.24. The number of rotatable bonds is 3. The Labute approximate surface area is 156 Å². The molecule has 1 heterocycles. The van der Waals surface area contributed by atoms with Crippen LogP contribution in [0.25, 0.3) is 0 Å². The first kappa shape index (κ1) is 20.5. The molecule has 27 heavy (non-hydrogen) atoms. The van der Waals surface area contributed by atoms with E-state index in [1.54, 1.807) is 19.1 Å². The highest BCUT2D eigenvalue weighted by Crippen LogP contribution is 2.29. The first-order valence-corrected chi connectivity index (χ1v) is 8.00. The summed E-state index contributed by atoms with van der Waals surface area (Å²) in [5, 5.41) is 3.72. The molecule has 0 unspecified atom stereocenters. The van der Waals surface area contributed by atoms with E-state index in [0.29, 0.717) is 22.5 Å². The van der Waals surface area contributed by atoms with Gasteiger partial charge in [-0.1, -0.05) is 29.3 Å². The highest BCUT2D eigenvalue weighted by Gasteiger charge is 2.32. The van der Waals surface area contributed by atoms with Crippen LogP contribution in [-0.2, 0) is 17.5 Å². The molecule has 3 amide bonds. The van der Waals surface area contributed by atoms with Gasteiger partial charge >= 0.3 is 12.2 Å². The zero-order valence-corrected chi connectivity index (χ0v) is 15.0. The molecule has 0 radical (unpaired) electrons. The highest BCUT2D eigenvalue weighted by molar-refractivity contribution is 6.30. The lowest BCUT2D eigenvalue weighted by molar-refractivity contribution is -0.138. The fourth-order valence-electron chi connectivity index (χ4n) is 2.30. The van der Waals surface area contributed by atoms with Gasteiger partial charge in [-0.15, -0.1) is 0 Å². The number of halogens is 4. The summed E-state index contributed by atoms with van der Waals surface area (Å²) in [7, 11) is 0. The zero-order valence-electron chi connectivity index (χ0n) is 14.3. The number of carbonyl (C=O) groups excluding carboxylic acids is 2. The van der Waals surface area contributed by atoms with Crippen molar-refractivity contribution in [2.24, 2.45) is 0 Å². The number of pyridine rings is 1. The molecular weight excluding hydrogens is 387 g/mol. The summed E-state index contributed by atoms with van der Waals surface area (Å²) in [6, 6.07) is 4.82. The molecule has 2 rings (SSSR count). The van der Waals surface area contributed by atoms with E-state index in [9.17, 15) is 27.6 Å². The van der Waals surface area contributed by atoms with Gasteiger partial charge in [0, 0.05) is 11.9 Å². The quantitative estimate of drug-likeness (QED) is 0.826. The van der Waals surface area contributed by atoms with E-state index in [2.05, 4.69) is 5.32 Å². The van der Waals surface area contributed by atoms with Crippen molar-refractivity contribution >= 4 is 29.2 Å². The number of anilines is 1. The van der Waals surface area contributed by atoms with E-state index in [-0.39, 0.29) is 0 Å². The topological polar surface area (TPSA) is 80.2 Å². The first-order chi connectivity index (χ1) is 12.5. The van der Waals surface area contributed by atoms with Crippen molar-refractivity contribution in [1.82, 2.24) is 9.88 Å². The molecule has 2 aromatic rings. The largest absolute Gasteiger partial charge is 0.417 e. The Kier molecular flexibility index (Phi) is 5.94. The highest BCUT2D eigenvalue weighted by atomic mass is 35.5. The van der Waals surface area contributed by atoms with Crippen LogP contribution >= 0.6 is 11.6 Å². The maximum atomic E-state index is 12.8. The van der Waals surface area contributed by atoms with Gasteiger partial charge in [-0.05, 0) is 31.5 Å². The van der Waals surface area contributed by atoms with Gasteiger partial charge in [0.05, 0.1) is 5.56 Å². The molecule has 0 aliphatic rings. The molecule has 1 aromatic heterocycles. The molecule has 1 aromatic carbocycles. The van der Waals surface area contributed by atoms with Gasteiger partial charge in [0.15, 0.2) is 0 Å². The van der Waals surface area contributed by atoms with Gasteiger partial charge < -0.3 is 9.88 Å². The Morgan fingerprint density at radius 1 is 1.19 bits per heavy atom. The van der Waals surface area contributed by atoms with Gasteiger partial charge in [-0.25, -0.2) is 4.79 Å². The van der Waals surface area contributed by atoms with E-state index in [0.717, 1.165) is 11.1 Å². The molecule has 0 atom stereocenters. The van der Waals surface area contributed by atoms with Crippen molar-refractivity contribution < 1.29 is 22.8 Å². The summed E-state index contributed by atoms with van der Waals surface area (Å²) in [6.45, 7) is 2.83. The fraction of sp³-hybridized carbons (Fsp3) is 0.235. The molecule has 0 saturated heterocycles. The third-order valence-corrected chi connectivity index (χ3v) is 3.84. The third kappa shape index (κ3) is 5.33. The maximum absolute atomic E-state index is 12.8. The summed E-state index contributed by atoms with van der Waals surface area (Å²) in [5.41, 5.74) is 0.0493. The minimum absolute atomic E-state index is 0.463. The van der Waals surface area contributed by atoms with Gasteiger partial charge in [0.1, 0.15) is 11.6 Å². The van der Waals surface area contributed by atoms with Crippen LogP contribution in [0.3, 0.4) is 0 Å². The Balaban J connectivity index is 2.10. The average molecular weight is 402 g/mol. The molecule has 0 fully saturated rings. The molecule has 0 saturated carbocycles. The lowest BCUT2D eigenvalue weighted by atomic mass is 10.1.